The maximum absolute atomic E-state index is 14.0. The summed E-state index contributed by atoms with van der Waals surface area (Å²) in [7, 11) is 3.02. The highest BCUT2D eigenvalue weighted by atomic mass is 16.5. The molecule has 1 saturated heterocycles. The van der Waals surface area contributed by atoms with E-state index in [0.717, 1.165) is 5.56 Å². The van der Waals surface area contributed by atoms with Gasteiger partial charge < -0.3 is 24.4 Å². The number of rotatable bonds is 6. The molecule has 1 fully saturated rings. The Hall–Kier alpha value is -3.65. The van der Waals surface area contributed by atoms with Gasteiger partial charge in [-0.3, -0.25) is 14.4 Å². The number of likely N-dealkylation sites (tertiary alicyclic amines) is 1. The molecule has 2 heterocycles. The van der Waals surface area contributed by atoms with Crippen LogP contribution >= 0.6 is 0 Å². The van der Waals surface area contributed by atoms with E-state index in [4.69, 9.17) is 9.47 Å². The lowest BCUT2D eigenvalue weighted by molar-refractivity contribution is -0.144. The van der Waals surface area contributed by atoms with Crippen LogP contribution in [0.3, 0.4) is 0 Å². The highest BCUT2D eigenvalue weighted by Crippen LogP contribution is 2.53. The number of amides is 2. The quantitative estimate of drug-likeness (QED) is 0.413. The highest BCUT2D eigenvalue weighted by molar-refractivity contribution is 6.50. The van der Waals surface area contributed by atoms with E-state index in [1.807, 2.05) is 6.92 Å². The number of anilines is 1. The molecule has 2 aliphatic rings. The number of carbonyl (C=O) groups excluding carboxylic acids is 3. The number of hydrogen-bond donors (Lipinski definition) is 1. The molecule has 2 aromatic rings. The van der Waals surface area contributed by atoms with E-state index in [-0.39, 0.29) is 18.7 Å². The van der Waals surface area contributed by atoms with Crippen molar-refractivity contribution in [2.45, 2.75) is 19.4 Å². The van der Waals surface area contributed by atoms with Crippen LogP contribution in [0.25, 0.3) is 5.76 Å². The van der Waals surface area contributed by atoms with Crippen molar-refractivity contribution in [3.8, 4) is 5.75 Å². The van der Waals surface area contributed by atoms with Gasteiger partial charge in [-0.2, -0.15) is 0 Å². The summed E-state index contributed by atoms with van der Waals surface area (Å²) < 4.78 is 10.5. The smallest absolute Gasteiger partial charge is 0.296 e. The van der Waals surface area contributed by atoms with E-state index < -0.39 is 28.9 Å². The first-order chi connectivity index (χ1) is 15.8. The molecule has 0 aliphatic carbocycles. The van der Waals surface area contributed by atoms with Gasteiger partial charge in [-0.15, -0.1) is 0 Å². The van der Waals surface area contributed by atoms with Gasteiger partial charge >= 0.3 is 0 Å². The van der Waals surface area contributed by atoms with Crippen LogP contribution in [0.4, 0.5) is 5.69 Å². The first-order valence-electron chi connectivity index (χ1n) is 10.7. The first kappa shape index (κ1) is 22.5. The van der Waals surface area contributed by atoms with Crippen molar-refractivity contribution < 1.29 is 29.0 Å². The van der Waals surface area contributed by atoms with Crippen LogP contribution in [-0.2, 0) is 24.7 Å². The lowest BCUT2D eigenvalue weighted by Crippen LogP contribution is -2.52. The van der Waals surface area contributed by atoms with Crippen molar-refractivity contribution in [3.63, 3.8) is 0 Å². The molecule has 1 spiro atoms. The van der Waals surface area contributed by atoms with Gasteiger partial charge in [0, 0.05) is 31.3 Å². The second-order valence-electron chi connectivity index (χ2n) is 7.96. The number of methoxy groups -OCH3 is 2. The Balaban J connectivity index is 2.05. The van der Waals surface area contributed by atoms with Crippen LogP contribution in [0.5, 0.6) is 5.75 Å². The molecule has 8 heteroatoms. The minimum absolute atomic E-state index is 0.0110. The molecule has 172 valence electrons. The summed E-state index contributed by atoms with van der Waals surface area (Å²) in [5.74, 6) is -1.99. The van der Waals surface area contributed by atoms with Gasteiger partial charge in [-0.1, -0.05) is 18.2 Å². The molecule has 0 saturated carbocycles. The van der Waals surface area contributed by atoms with E-state index in [0.29, 0.717) is 29.1 Å². The van der Waals surface area contributed by atoms with Crippen LogP contribution < -0.4 is 9.64 Å². The summed E-state index contributed by atoms with van der Waals surface area (Å²) in [5, 5.41) is 11.4. The molecule has 8 nitrogen and oxygen atoms in total. The van der Waals surface area contributed by atoms with Crippen molar-refractivity contribution in [1.82, 2.24) is 4.90 Å². The lowest BCUT2D eigenvalue weighted by atomic mass is 9.82. The van der Waals surface area contributed by atoms with Gasteiger partial charge in [-0.25, -0.2) is 0 Å². The van der Waals surface area contributed by atoms with Crippen LogP contribution in [0.15, 0.2) is 48.0 Å². The third kappa shape index (κ3) is 3.05. The molecule has 0 bridgehead atoms. The van der Waals surface area contributed by atoms with Crippen LogP contribution in [0.2, 0.25) is 0 Å². The van der Waals surface area contributed by atoms with Gasteiger partial charge in [0.1, 0.15) is 11.5 Å². The Bertz CT molecular complexity index is 1190. The fraction of sp³-hybridized carbons (Fsp3) is 0.320. The number of likely N-dealkylation sites (N-methyl/N-ethyl adjacent to an activating group) is 1. The number of aliphatic hydroxyl groups excluding tert-OH is 1. The van der Waals surface area contributed by atoms with Crippen molar-refractivity contribution in [2.75, 3.05) is 38.8 Å². The van der Waals surface area contributed by atoms with E-state index in [9.17, 15) is 19.5 Å². The summed E-state index contributed by atoms with van der Waals surface area (Å²) in [4.78, 5) is 43.3. The summed E-state index contributed by atoms with van der Waals surface area (Å²) in [6.07, 6.45) is 0. The Morgan fingerprint density at radius 1 is 1.09 bits per heavy atom. The SMILES string of the molecule is CCN1C(=O)C2(C(=C(O)c3ccc(OC)c(C)c3)C(=O)C(=O)N2CCOC)c2ccccc21. The summed E-state index contributed by atoms with van der Waals surface area (Å²) in [6.45, 7) is 4.10. The van der Waals surface area contributed by atoms with E-state index in [1.165, 1.54) is 24.0 Å². The minimum atomic E-state index is -1.77. The maximum Gasteiger partial charge on any atom is 0.296 e. The maximum atomic E-state index is 14.0. The molecule has 2 amide bonds. The number of para-hydroxylation sites is 1. The average molecular weight is 450 g/mol. The number of ether oxygens (including phenoxy) is 2. The zero-order valence-corrected chi connectivity index (χ0v) is 19.0. The number of hydrogen-bond acceptors (Lipinski definition) is 6. The fourth-order valence-electron chi connectivity index (χ4n) is 4.83. The van der Waals surface area contributed by atoms with Crippen LogP contribution in [0, 0.1) is 6.92 Å². The molecular formula is C25H26N2O6. The van der Waals surface area contributed by atoms with Crippen molar-refractivity contribution in [3.05, 3.63) is 64.7 Å². The topological polar surface area (TPSA) is 96.4 Å². The van der Waals surface area contributed by atoms with Crippen LogP contribution in [-0.4, -0.2) is 61.5 Å². The van der Waals surface area contributed by atoms with Crippen molar-refractivity contribution in [2.24, 2.45) is 0 Å². The van der Waals surface area contributed by atoms with E-state index >= 15 is 0 Å². The Morgan fingerprint density at radius 3 is 2.45 bits per heavy atom. The molecular weight excluding hydrogens is 424 g/mol. The van der Waals surface area contributed by atoms with Gasteiger partial charge in [0.15, 0.2) is 5.54 Å². The molecule has 4 rings (SSSR count). The monoisotopic (exact) mass is 450 g/mol. The van der Waals surface area contributed by atoms with E-state index in [2.05, 4.69) is 0 Å². The molecule has 1 unspecified atom stereocenters. The largest absolute Gasteiger partial charge is 0.507 e. The summed E-state index contributed by atoms with van der Waals surface area (Å²) in [5.41, 5.74) is 0.138. The van der Waals surface area contributed by atoms with Crippen molar-refractivity contribution in [1.29, 1.82) is 0 Å². The third-order valence-electron chi connectivity index (χ3n) is 6.31. The van der Waals surface area contributed by atoms with E-state index in [1.54, 1.807) is 49.4 Å². The average Bonchev–Trinajstić information content (AvgIpc) is 3.20. The molecule has 2 aromatic carbocycles. The predicted octanol–water partition coefficient (Wildman–Crippen LogP) is 2.59. The zero-order valence-electron chi connectivity index (χ0n) is 19.0. The fourth-order valence-corrected chi connectivity index (χ4v) is 4.83. The number of aliphatic hydroxyl groups is 1. The number of nitrogens with zero attached hydrogens (tertiary/aromatic N) is 2. The molecule has 33 heavy (non-hydrogen) atoms. The Labute approximate surface area is 192 Å². The third-order valence-corrected chi connectivity index (χ3v) is 6.31. The first-order valence-corrected chi connectivity index (χ1v) is 10.7. The van der Waals surface area contributed by atoms with Crippen molar-refractivity contribution >= 4 is 29.0 Å². The van der Waals surface area contributed by atoms with Gasteiger partial charge in [0.25, 0.3) is 17.6 Å². The molecule has 0 aromatic heterocycles. The molecule has 0 radical (unpaired) electrons. The number of benzene rings is 2. The zero-order chi connectivity index (χ0) is 23.9. The van der Waals surface area contributed by atoms with Crippen LogP contribution in [0.1, 0.15) is 23.6 Å². The van der Waals surface area contributed by atoms with Gasteiger partial charge in [0.2, 0.25) is 0 Å². The summed E-state index contributed by atoms with van der Waals surface area (Å²) >= 11 is 0. The normalized spacial score (nSPS) is 21.3. The summed E-state index contributed by atoms with van der Waals surface area (Å²) in [6, 6.07) is 12.0. The number of fused-ring (bicyclic) bond motifs is 2. The predicted molar refractivity (Wildman–Crippen MR) is 122 cm³/mol. The highest BCUT2D eigenvalue weighted by Gasteiger charge is 2.66. The molecule has 1 N–H and O–H groups in total. The standard InChI is InChI=1S/C25H26N2O6/c1-5-26-18-9-7-6-8-17(18)25(24(26)31)20(22(29)23(30)27(25)12-13-32-3)21(28)16-10-11-19(33-4)15(2)14-16/h6-11,14,28H,5,12-13H2,1-4H3. The Morgan fingerprint density at radius 2 is 1.82 bits per heavy atom. The molecule has 2 aliphatic heterocycles. The number of Topliss-reactive ketones (excluding diaryl/α,β-unsaturated/α-hetero) is 1. The number of ketones is 1. The van der Waals surface area contributed by atoms with Gasteiger partial charge in [-0.05, 0) is 43.7 Å². The number of carbonyl (C=O) groups is 3. The molecule has 1 atom stereocenters. The number of aryl methyl sites for hydroxylation is 1. The minimum Gasteiger partial charge on any atom is -0.507 e. The second kappa shape index (κ2) is 8.37. The van der Waals surface area contributed by atoms with Gasteiger partial charge in [0.05, 0.1) is 25.0 Å². The second-order valence-corrected chi connectivity index (χ2v) is 7.96. The Kier molecular flexibility index (Phi) is 5.71. The lowest BCUT2D eigenvalue weighted by Gasteiger charge is -2.34.